The molecule has 3 amide bonds. The summed E-state index contributed by atoms with van der Waals surface area (Å²) in [6.07, 6.45) is 3.28. The lowest BCUT2D eigenvalue weighted by atomic mass is 9.82. The van der Waals surface area contributed by atoms with Crippen molar-refractivity contribution < 1.29 is 14.4 Å². The number of imide groups is 1. The maximum atomic E-state index is 12.8. The molecule has 1 aromatic rings. The van der Waals surface area contributed by atoms with E-state index < -0.39 is 6.04 Å². The molecule has 4 heterocycles. The fraction of sp³-hybridized carbons (Fsp3) is 0.591. The quantitative estimate of drug-likeness (QED) is 0.739. The second-order valence-electron chi connectivity index (χ2n) is 8.95. The lowest BCUT2D eigenvalue weighted by Crippen LogP contribution is -2.52. The molecule has 29 heavy (non-hydrogen) atoms. The number of piperidine rings is 2. The van der Waals surface area contributed by atoms with Crippen molar-refractivity contribution >= 4 is 17.7 Å². The Morgan fingerprint density at radius 1 is 1.07 bits per heavy atom. The van der Waals surface area contributed by atoms with Gasteiger partial charge in [-0.15, -0.1) is 0 Å². The van der Waals surface area contributed by atoms with Crippen LogP contribution in [-0.2, 0) is 22.7 Å². The van der Waals surface area contributed by atoms with Crippen molar-refractivity contribution in [3.8, 4) is 0 Å². The zero-order valence-corrected chi connectivity index (χ0v) is 16.7. The third-order valence-corrected chi connectivity index (χ3v) is 7.02. The van der Waals surface area contributed by atoms with E-state index in [2.05, 4.69) is 27.7 Å². The summed E-state index contributed by atoms with van der Waals surface area (Å²) in [6.45, 7) is 5.98. The van der Waals surface area contributed by atoms with Crippen LogP contribution < -0.4 is 10.6 Å². The minimum Gasteiger partial charge on any atom is -0.322 e. The molecule has 0 saturated carbocycles. The van der Waals surface area contributed by atoms with E-state index in [1.165, 1.54) is 18.4 Å². The van der Waals surface area contributed by atoms with E-state index in [1.807, 2.05) is 6.07 Å². The third kappa shape index (κ3) is 3.57. The van der Waals surface area contributed by atoms with Crippen molar-refractivity contribution in [2.45, 2.75) is 44.8 Å². The molecular weight excluding hydrogens is 368 g/mol. The van der Waals surface area contributed by atoms with Gasteiger partial charge in [-0.2, -0.15) is 0 Å². The summed E-state index contributed by atoms with van der Waals surface area (Å²) in [5.41, 5.74) is 2.92. The predicted molar refractivity (Wildman–Crippen MR) is 107 cm³/mol. The summed E-state index contributed by atoms with van der Waals surface area (Å²) in [5, 5.41) is 5.75. The Morgan fingerprint density at radius 2 is 1.93 bits per heavy atom. The average Bonchev–Trinajstić information content (AvgIpc) is 2.97. The lowest BCUT2D eigenvalue weighted by molar-refractivity contribution is -0.136. The van der Waals surface area contributed by atoms with Crippen LogP contribution in [0.3, 0.4) is 0 Å². The molecule has 7 nitrogen and oxygen atoms in total. The van der Waals surface area contributed by atoms with Crippen LogP contribution >= 0.6 is 0 Å². The molecule has 0 radical (unpaired) electrons. The van der Waals surface area contributed by atoms with E-state index in [9.17, 15) is 14.4 Å². The number of nitrogens with one attached hydrogen (secondary N) is 2. The van der Waals surface area contributed by atoms with Crippen LogP contribution in [0.5, 0.6) is 0 Å². The average molecular weight is 396 g/mol. The maximum Gasteiger partial charge on any atom is 0.255 e. The molecule has 0 bridgehead atoms. The first kappa shape index (κ1) is 18.8. The van der Waals surface area contributed by atoms with E-state index in [4.69, 9.17) is 0 Å². The monoisotopic (exact) mass is 396 g/mol. The fourth-order valence-electron chi connectivity index (χ4n) is 5.25. The first-order valence-electron chi connectivity index (χ1n) is 10.8. The van der Waals surface area contributed by atoms with Gasteiger partial charge in [0.15, 0.2) is 0 Å². The number of carbonyl (C=O) groups is 3. The number of amides is 3. The van der Waals surface area contributed by atoms with E-state index in [0.29, 0.717) is 18.5 Å². The van der Waals surface area contributed by atoms with Gasteiger partial charge in [0.1, 0.15) is 6.04 Å². The molecule has 2 N–H and O–H groups in total. The maximum absolute atomic E-state index is 12.8. The Hall–Kier alpha value is -2.25. The molecule has 1 aromatic carbocycles. The van der Waals surface area contributed by atoms with Crippen LogP contribution in [0.1, 0.15) is 47.2 Å². The van der Waals surface area contributed by atoms with E-state index in [0.717, 1.165) is 50.1 Å². The first-order valence-corrected chi connectivity index (χ1v) is 10.8. The topological polar surface area (TPSA) is 81.8 Å². The summed E-state index contributed by atoms with van der Waals surface area (Å²) >= 11 is 0. The van der Waals surface area contributed by atoms with Gasteiger partial charge in [-0.25, -0.2) is 0 Å². The number of fused-ring (bicyclic) bond motifs is 1. The Kier molecular flexibility index (Phi) is 4.87. The highest BCUT2D eigenvalue weighted by molar-refractivity contribution is 6.05. The zero-order valence-electron chi connectivity index (χ0n) is 16.7. The summed E-state index contributed by atoms with van der Waals surface area (Å²) < 4.78 is 0. The van der Waals surface area contributed by atoms with Gasteiger partial charge in [0.2, 0.25) is 11.8 Å². The first-order chi connectivity index (χ1) is 14.1. The Balaban J connectivity index is 1.26. The minimum absolute atomic E-state index is 0.100. The third-order valence-electron chi connectivity index (χ3n) is 7.02. The van der Waals surface area contributed by atoms with Gasteiger partial charge in [0.05, 0.1) is 0 Å². The van der Waals surface area contributed by atoms with Gasteiger partial charge in [0, 0.05) is 31.6 Å². The minimum atomic E-state index is -0.546. The van der Waals surface area contributed by atoms with Crippen molar-refractivity contribution in [2.75, 3.05) is 26.2 Å². The Bertz CT molecular complexity index is 850. The number of rotatable bonds is 4. The molecule has 7 heteroatoms. The molecular formula is C22H28N4O3. The molecule has 5 rings (SSSR count). The molecule has 0 spiro atoms. The second kappa shape index (κ2) is 7.54. The van der Waals surface area contributed by atoms with Crippen molar-refractivity contribution in [3.63, 3.8) is 0 Å². The molecule has 4 aliphatic rings. The largest absolute Gasteiger partial charge is 0.322 e. The van der Waals surface area contributed by atoms with E-state index >= 15 is 0 Å². The van der Waals surface area contributed by atoms with Crippen LogP contribution in [0, 0.1) is 11.8 Å². The van der Waals surface area contributed by atoms with Gasteiger partial charge < -0.3 is 10.2 Å². The van der Waals surface area contributed by atoms with Crippen LogP contribution in [0.4, 0.5) is 0 Å². The smallest absolute Gasteiger partial charge is 0.255 e. The lowest BCUT2D eigenvalue weighted by Gasteiger charge is -2.41. The summed E-state index contributed by atoms with van der Waals surface area (Å²) in [6, 6.07) is 5.55. The van der Waals surface area contributed by atoms with Crippen LogP contribution in [-0.4, -0.2) is 59.7 Å². The summed E-state index contributed by atoms with van der Waals surface area (Å²) in [7, 11) is 0. The van der Waals surface area contributed by atoms with E-state index in [1.54, 1.807) is 4.90 Å². The van der Waals surface area contributed by atoms with Gasteiger partial charge >= 0.3 is 0 Å². The number of nitrogens with zero attached hydrogens (tertiary/aromatic N) is 2. The Labute approximate surface area is 170 Å². The van der Waals surface area contributed by atoms with Crippen molar-refractivity contribution in [1.82, 2.24) is 20.4 Å². The molecule has 0 aliphatic carbocycles. The molecule has 154 valence electrons. The molecule has 2 unspecified atom stereocenters. The standard InChI is InChI=1S/C22H28N4O3/c27-20-6-5-19(21(28)24-20)26-13-16-8-14(3-4-18(16)22(26)29)11-25-7-1-2-15(12-25)17-9-23-10-17/h3-4,8,15,17,19,23H,1-2,5-7,9-13H2,(H,24,27,28). The van der Waals surface area contributed by atoms with Gasteiger partial charge in [-0.3, -0.25) is 24.6 Å². The molecule has 4 aliphatic heterocycles. The van der Waals surface area contributed by atoms with Crippen molar-refractivity contribution in [1.29, 1.82) is 0 Å². The highest BCUT2D eigenvalue weighted by Crippen LogP contribution is 2.30. The van der Waals surface area contributed by atoms with Crippen LogP contribution in [0.2, 0.25) is 0 Å². The highest BCUT2D eigenvalue weighted by atomic mass is 16.2. The van der Waals surface area contributed by atoms with E-state index in [-0.39, 0.29) is 24.1 Å². The van der Waals surface area contributed by atoms with Crippen molar-refractivity contribution in [2.24, 2.45) is 11.8 Å². The SMILES string of the molecule is O=C1CCC(N2Cc3cc(CN4CCCC(C5CNC5)C4)ccc3C2=O)C(=O)N1. The second-order valence-corrected chi connectivity index (χ2v) is 8.95. The number of carbonyl (C=O) groups excluding carboxylic acids is 3. The number of likely N-dealkylation sites (tertiary alicyclic amines) is 1. The molecule has 3 saturated heterocycles. The highest BCUT2D eigenvalue weighted by Gasteiger charge is 2.39. The summed E-state index contributed by atoms with van der Waals surface area (Å²) in [5.74, 6) is 0.917. The molecule has 0 aromatic heterocycles. The number of hydrogen-bond acceptors (Lipinski definition) is 5. The fourth-order valence-corrected chi connectivity index (χ4v) is 5.25. The zero-order chi connectivity index (χ0) is 20.0. The van der Waals surface area contributed by atoms with Crippen LogP contribution in [0.25, 0.3) is 0 Å². The van der Waals surface area contributed by atoms with Crippen LogP contribution in [0.15, 0.2) is 18.2 Å². The Morgan fingerprint density at radius 3 is 2.69 bits per heavy atom. The van der Waals surface area contributed by atoms with Gasteiger partial charge in [-0.1, -0.05) is 12.1 Å². The number of hydrogen-bond donors (Lipinski definition) is 2. The van der Waals surface area contributed by atoms with Gasteiger partial charge in [-0.05, 0) is 67.9 Å². The normalized spacial score (nSPS) is 28.3. The predicted octanol–water partition coefficient (Wildman–Crippen LogP) is 0.879. The number of benzene rings is 1. The molecule has 2 atom stereocenters. The summed E-state index contributed by atoms with van der Waals surface area (Å²) in [4.78, 5) is 40.6. The van der Waals surface area contributed by atoms with Crippen molar-refractivity contribution in [3.05, 3.63) is 34.9 Å². The van der Waals surface area contributed by atoms with Gasteiger partial charge in [0.25, 0.3) is 5.91 Å². The molecule has 3 fully saturated rings.